The molecule has 7 nitrogen and oxygen atoms in total. The van der Waals surface area contributed by atoms with Crippen LogP contribution in [-0.4, -0.2) is 34.6 Å². The minimum Gasteiger partial charge on any atom is -0.348 e. The van der Waals surface area contributed by atoms with Gasteiger partial charge in [0, 0.05) is 36.0 Å². The fourth-order valence-electron chi connectivity index (χ4n) is 3.50. The van der Waals surface area contributed by atoms with Gasteiger partial charge in [-0.2, -0.15) is 0 Å². The molecule has 2 aromatic rings. The second-order valence-corrected chi connectivity index (χ2v) is 7.94. The summed E-state index contributed by atoms with van der Waals surface area (Å²) in [6.45, 7) is 0.642. The number of hydrogen-bond donors (Lipinski definition) is 2. The predicted octanol–water partition coefficient (Wildman–Crippen LogP) is 1.84. The molecule has 0 aliphatic carbocycles. The summed E-state index contributed by atoms with van der Waals surface area (Å²) >= 11 is 1.55. The van der Waals surface area contributed by atoms with E-state index in [0.717, 1.165) is 16.0 Å². The van der Waals surface area contributed by atoms with Gasteiger partial charge >= 0.3 is 0 Å². The van der Waals surface area contributed by atoms with Gasteiger partial charge in [-0.3, -0.25) is 24.5 Å². The third-order valence-electron chi connectivity index (χ3n) is 5.00. The number of imide groups is 1. The molecule has 29 heavy (non-hydrogen) atoms. The second-order valence-electron chi connectivity index (χ2n) is 6.96. The normalized spacial score (nSPS) is 18.8. The van der Waals surface area contributed by atoms with E-state index in [1.165, 1.54) is 11.0 Å². The molecule has 4 amide bonds. The zero-order valence-corrected chi connectivity index (χ0v) is 16.3. The molecule has 2 aliphatic rings. The van der Waals surface area contributed by atoms with Crippen molar-refractivity contribution in [3.05, 3.63) is 63.4 Å². The first-order valence-electron chi connectivity index (χ1n) is 9.27. The molecular formula is C21H19N3O4S. The molecule has 0 radical (unpaired) electrons. The van der Waals surface area contributed by atoms with Crippen LogP contribution in [-0.2, 0) is 27.5 Å². The first-order valence-corrected chi connectivity index (χ1v) is 10.1. The van der Waals surface area contributed by atoms with Gasteiger partial charge in [0.2, 0.25) is 17.7 Å². The van der Waals surface area contributed by atoms with Crippen molar-refractivity contribution in [1.82, 2.24) is 15.5 Å². The topological polar surface area (TPSA) is 95.6 Å². The summed E-state index contributed by atoms with van der Waals surface area (Å²) in [7, 11) is 0. The summed E-state index contributed by atoms with van der Waals surface area (Å²) in [5.41, 5.74) is 2.18. The van der Waals surface area contributed by atoms with E-state index in [9.17, 15) is 19.2 Å². The molecule has 1 fully saturated rings. The van der Waals surface area contributed by atoms with Crippen molar-refractivity contribution < 1.29 is 19.2 Å². The fourth-order valence-corrected chi connectivity index (χ4v) is 4.12. The summed E-state index contributed by atoms with van der Waals surface area (Å²) in [6.07, 6.45) is 3.80. The Kier molecular flexibility index (Phi) is 5.26. The largest absolute Gasteiger partial charge is 0.348 e. The highest BCUT2D eigenvalue weighted by Gasteiger charge is 2.39. The van der Waals surface area contributed by atoms with Gasteiger partial charge in [-0.05, 0) is 41.1 Å². The lowest BCUT2D eigenvalue weighted by Crippen LogP contribution is -2.52. The molecule has 0 saturated carbocycles. The molecule has 1 saturated heterocycles. The number of carbonyl (C=O) groups is 4. The summed E-state index contributed by atoms with van der Waals surface area (Å²) in [4.78, 5) is 50.8. The smallest absolute Gasteiger partial charge is 0.255 e. The van der Waals surface area contributed by atoms with E-state index in [1.54, 1.807) is 23.5 Å². The number of rotatable bonds is 5. The first kappa shape index (κ1) is 19.1. The van der Waals surface area contributed by atoms with E-state index in [4.69, 9.17) is 0 Å². The average molecular weight is 409 g/mol. The minimum absolute atomic E-state index is 0.213. The van der Waals surface area contributed by atoms with Gasteiger partial charge in [0.25, 0.3) is 5.91 Å². The highest BCUT2D eigenvalue weighted by molar-refractivity contribution is 7.10. The lowest BCUT2D eigenvalue weighted by Gasteiger charge is -2.29. The third kappa shape index (κ3) is 4.12. The summed E-state index contributed by atoms with van der Waals surface area (Å²) in [5.74, 6) is -1.16. The summed E-state index contributed by atoms with van der Waals surface area (Å²) in [6, 6.07) is 8.69. The van der Waals surface area contributed by atoms with Crippen molar-refractivity contribution in [2.75, 3.05) is 0 Å². The summed E-state index contributed by atoms with van der Waals surface area (Å²) in [5, 5.41) is 7.04. The molecular weight excluding hydrogens is 390 g/mol. The molecule has 8 heteroatoms. The van der Waals surface area contributed by atoms with E-state index in [0.29, 0.717) is 25.1 Å². The molecule has 1 atom stereocenters. The van der Waals surface area contributed by atoms with Gasteiger partial charge in [0.05, 0.1) is 0 Å². The highest BCUT2D eigenvalue weighted by Crippen LogP contribution is 2.28. The maximum atomic E-state index is 12.8. The molecule has 0 bridgehead atoms. The molecule has 2 aliphatic heterocycles. The van der Waals surface area contributed by atoms with E-state index in [2.05, 4.69) is 10.6 Å². The number of amides is 4. The average Bonchev–Trinajstić information content (AvgIpc) is 3.33. The van der Waals surface area contributed by atoms with Crippen LogP contribution in [0.5, 0.6) is 0 Å². The van der Waals surface area contributed by atoms with Gasteiger partial charge in [0.1, 0.15) is 6.04 Å². The highest BCUT2D eigenvalue weighted by atomic mass is 32.1. The Balaban J connectivity index is 1.39. The van der Waals surface area contributed by atoms with Crippen LogP contribution >= 0.6 is 11.3 Å². The number of nitrogens with one attached hydrogen (secondary N) is 2. The van der Waals surface area contributed by atoms with Gasteiger partial charge < -0.3 is 10.2 Å². The van der Waals surface area contributed by atoms with Crippen molar-refractivity contribution in [2.24, 2.45) is 0 Å². The standard InChI is InChI=1S/C21H19N3O4S/c25-18(7-5-15-2-1-9-29-15)22-11-13-3-4-14-12-24(21(28)16(14)10-13)17-6-8-19(26)23-20(17)27/h1-5,7,9-10,17H,6,8,11-12H2,(H,22,25)(H,23,26,27)/b7-5+. The Hall–Kier alpha value is -3.26. The monoisotopic (exact) mass is 409 g/mol. The Morgan fingerprint density at radius 1 is 1.28 bits per heavy atom. The van der Waals surface area contributed by atoms with Crippen LogP contribution in [0, 0.1) is 0 Å². The number of carbonyl (C=O) groups excluding carboxylic acids is 4. The Morgan fingerprint density at radius 2 is 2.14 bits per heavy atom. The number of fused-ring (bicyclic) bond motifs is 1. The van der Waals surface area contributed by atoms with E-state index in [1.807, 2.05) is 29.6 Å². The van der Waals surface area contributed by atoms with Gasteiger partial charge in [-0.15, -0.1) is 11.3 Å². The van der Waals surface area contributed by atoms with Crippen molar-refractivity contribution in [1.29, 1.82) is 0 Å². The molecule has 0 spiro atoms. The lowest BCUT2D eigenvalue weighted by molar-refractivity contribution is -0.137. The van der Waals surface area contributed by atoms with Crippen LogP contribution in [0.25, 0.3) is 6.08 Å². The number of nitrogens with zero attached hydrogens (tertiary/aromatic N) is 1. The molecule has 3 heterocycles. The number of benzene rings is 1. The van der Waals surface area contributed by atoms with Gasteiger partial charge in [0.15, 0.2) is 0 Å². The summed E-state index contributed by atoms with van der Waals surface area (Å²) < 4.78 is 0. The van der Waals surface area contributed by atoms with Crippen LogP contribution < -0.4 is 10.6 Å². The number of piperidine rings is 1. The van der Waals surface area contributed by atoms with Crippen LogP contribution in [0.15, 0.2) is 41.8 Å². The number of thiophene rings is 1. The van der Waals surface area contributed by atoms with Gasteiger partial charge in [-0.1, -0.05) is 18.2 Å². The maximum absolute atomic E-state index is 12.8. The molecule has 1 aromatic carbocycles. The second kappa shape index (κ2) is 8.00. The lowest BCUT2D eigenvalue weighted by atomic mass is 10.0. The Labute approximate surface area is 171 Å². The SMILES string of the molecule is O=C(/C=C/c1cccs1)NCc1ccc2c(c1)C(=O)N(C1CCC(=O)NC1=O)C2. The van der Waals surface area contributed by atoms with Crippen LogP contribution in [0.4, 0.5) is 0 Å². The van der Waals surface area contributed by atoms with Crippen LogP contribution in [0.3, 0.4) is 0 Å². The van der Waals surface area contributed by atoms with Crippen LogP contribution in [0.2, 0.25) is 0 Å². The van der Waals surface area contributed by atoms with E-state index in [-0.39, 0.29) is 24.1 Å². The molecule has 2 N–H and O–H groups in total. The molecule has 1 unspecified atom stereocenters. The van der Waals surface area contributed by atoms with Gasteiger partial charge in [-0.25, -0.2) is 0 Å². The van der Waals surface area contributed by atoms with Crippen molar-refractivity contribution >= 4 is 41.0 Å². The Morgan fingerprint density at radius 3 is 2.90 bits per heavy atom. The van der Waals surface area contributed by atoms with E-state index < -0.39 is 11.9 Å². The quantitative estimate of drug-likeness (QED) is 0.582. The first-order chi connectivity index (χ1) is 14.0. The van der Waals surface area contributed by atoms with E-state index >= 15 is 0 Å². The maximum Gasteiger partial charge on any atom is 0.255 e. The zero-order valence-electron chi connectivity index (χ0n) is 15.5. The molecule has 148 valence electrons. The minimum atomic E-state index is -0.627. The van der Waals surface area contributed by atoms with Crippen molar-refractivity contribution in [3.63, 3.8) is 0 Å². The van der Waals surface area contributed by atoms with Crippen molar-refractivity contribution in [3.8, 4) is 0 Å². The third-order valence-corrected chi connectivity index (χ3v) is 5.84. The fraction of sp³-hybridized carbons (Fsp3) is 0.238. The van der Waals surface area contributed by atoms with Crippen LogP contribution in [0.1, 0.15) is 39.2 Å². The molecule has 1 aromatic heterocycles. The number of hydrogen-bond acceptors (Lipinski definition) is 5. The van der Waals surface area contributed by atoms with Crippen molar-refractivity contribution in [2.45, 2.75) is 32.0 Å². The Bertz CT molecular complexity index is 1010. The predicted molar refractivity (Wildman–Crippen MR) is 108 cm³/mol. The zero-order chi connectivity index (χ0) is 20.4. The molecule has 4 rings (SSSR count).